The molecule has 0 rings (SSSR count). The molecule has 0 atom stereocenters. The second kappa shape index (κ2) is 12.0. The van der Waals surface area contributed by atoms with Gasteiger partial charge in [-0.3, -0.25) is 4.79 Å². The molecular formula is C17H30NO4+. The summed E-state index contributed by atoms with van der Waals surface area (Å²) in [6, 6.07) is 0. The van der Waals surface area contributed by atoms with E-state index in [1.165, 1.54) is 7.11 Å². The second-order valence-corrected chi connectivity index (χ2v) is 5.36. The molecule has 0 spiro atoms. The SMILES string of the molecule is C=CC[N+](CC=C)(CCCCCC(=O)OC)CC(=O)OCC. The highest BCUT2D eigenvalue weighted by Crippen LogP contribution is 2.13. The van der Waals surface area contributed by atoms with E-state index in [1.54, 1.807) is 6.92 Å². The molecule has 0 aliphatic carbocycles. The zero-order chi connectivity index (χ0) is 16.8. The number of hydrogen-bond acceptors (Lipinski definition) is 4. The predicted octanol–water partition coefficient (Wildman–Crippen LogP) is 2.47. The normalized spacial score (nSPS) is 10.8. The van der Waals surface area contributed by atoms with Crippen molar-refractivity contribution in [1.29, 1.82) is 0 Å². The lowest BCUT2D eigenvalue weighted by molar-refractivity contribution is -0.910. The lowest BCUT2D eigenvalue weighted by Crippen LogP contribution is -2.52. The molecule has 0 fully saturated rings. The van der Waals surface area contributed by atoms with Crippen molar-refractivity contribution in [3.63, 3.8) is 0 Å². The van der Waals surface area contributed by atoms with Crippen molar-refractivity contribution < 1.29 is 23.5 Å². The topological polar surface area (TPSA) is 52.6 Å². The molecule has 0 aromatic carbocycles. The number of methoxy groups -OCH3 is 1. The van der Waals surface area contributed by atoms with Crippen LogP contribution in [0.2, 0.25) is 0 Å². The minimum Gasteiger partial charge on any atom is -0.469 e. The van der Waals surface area contributed by atoms with E-state index in [1.807, 2.05) is 12.2 Å². The van der Waals surface area contributed by atoms with Crippen molar-refractivity contribution in [2.24, 2.45) is 0 Å². The van der Waals surface area contributed by atoms with Crippen LogP contribution in [-0.2, 0) is 19.1 Å². The molecule has 0 radical (unpaired) electrons. The van der Waals surface area contributed by atoms with Gasteiger partial charge >= 0.3 is 11.9 Å². The van der Waals surface area contributed by atoms with Gasteiger partial charge in [0.2, 0.25) is 0 Å². The van der Waals surface area contributed by atoms with E-state index in [-0.39, 0.29) is 11.9 Å². The van der Waals surface area contributed by atoms with Gasteiger partial charge in [-0.1, -0.05) is 13.2 Å². The number of carbonyl (C=O) groups is 2. The second-order valence-electron chi connectivity index (χ2n) is 5.36. The minimum atomic E-state index is -0.194. The van der Waals surface area contributed by atoms with Crippen molar-refractivity contribution in [2.75, 3.05) is 39.9 Å². The molecule has 0 aliphatic rings. The van der Waals surface area contributed by atoms with Gasteiger partial charge in [-0.2, -0.15) is 0 Å². The zero-order valence-electron chi connectivity index (χ0n) is 14.0. The molecule has 0 bridgehead atoms. The van der Waals surface area contributed by atoms with Gasteiger partial charge in [0.25, 0.3) is 0 Å². The van der Waals surface area contributed by atoms with Gasteiger partial charge in [-0.05, 0) is 38.3 Å². The number of hydrogen-bond donors (Lipinski definition) is 0. The third kappa shape index (κ3) is 8.62. The molecule has 0 saturated heterocycles. The molecule has 126 valence electrons. The van der Waals surface area contributed by atoms with Crippen LogP contribution in [-0.4, -0.2) is 56.3 Å². The quantitative estimate of drug-likeness (QED) is 0.227. The van der Waals surface area contributed by atoms with E-state index in [2.05, 4.69) is 17.9 Å². The first-order chi connectivity index (χ1) is 10.5. The van der Waals surface area contributed by atoms with E-state index < -0.39 is 0 Å². The van der Waals surface area contributed by atoms with Crippen molar-refractivity contribution in [3.8, 4) is 0 Å². The average molecular weight is 312 g/mol. The van der Waals surface area contributed by atoms with Crippen LogP contribution < -0.4 is 0 Å². The molecule has 0 amide bonds. The van der Waals surface area contributed by atoms with E-state index in [4.69, 9.17) is 4.74 Å². The smallest absolute Gasteiger partial charge is 0.361 e. The number of esters is 2. The van der Waals surface area contributed by atoms with Gasteiger partial charge in [0.05, 0.1) is 33.4 Å². The Morgan fingerprint density at radius 2 is 1.68 bits per heavy atom. The van der Waals surface area contributed by atoms with E-state index >= 15 is 0 Å². The van der Waals surface area contributed by atoms with Crippen molar-refractivity contribution in [3.05, 3.63) is 25.3 Å². The maximum atomic E-state index is 11.9. The first kappa shape index (κ1) is 20.4. The number of nitrogens with zero attached hydrogens (tertiary/aromatic N) is 1. The Balaban J connectivity index is 4.49. The highest BCUT2D eigenvalue weighted by molar-refractivity contribution is 5.70. The zero-order valence-corrected chi connectivity index (χ0v) is 14.0. The predicted molar refractivity (Wildman–Crippen MR) is 87.2 cm³/mol. The van der Waals surface area contributed by atoms with Gasteiger partial charge in [-0.25, -0.2) is 4.79 Å². The molecule has 5 heteroatoms. The van der Waals surface area contributed by atoms with Gasteiger partial charge in [0, 0.05) is 6.42 Å². The Labute approximate surface area is 134 Å². The summed E-state index contributed by atoms with van der Waals surface area (Å²) in [5.41, 5.74) is 0. The Morgan fingerprint density at radius 1 is 1.05 bits per heavy atom. The Kier molecular flexibility index (Phi) is 11.1. The number of carbonyl (C=O) groups excluding carboxylic acids is 2. The summed E-state index contributed by atoms with van der Waals surface area (Å²) in [6.07, 6.45) is 6.75. The third-order valence-electron chi connectivity index (χ3n) is 3.54. The van der Waals surface area contributed by atoms with Gasteiger partial charge in [0.1, 0.15) is 0 Å². The summed E-state index contributed by atoms with van der Waals surface area (Å²) in [6.45, 7) is 12.3. The Morgan fingerprint density at radius 3 is 2.18 bits per heavy atom. The molecule has 0 saturated carbocycles. The largest absolute Gasteiger partial charge is 0.469 e. The van der Waals surface area contributed by atoms with Crippen LogP contribution in [0.5, 0.6) is 0 Å². The fourth-order valence-corrected chi connectivity index (χ4v) is 2.49. The van der Waals surface area contributed by atoms with E-state index in [0.29, 0.717) is 37.1 Å². The fourth-order valence-electron chi connectivity index (χ4n) is 2.49. The van der Waals surface area contributed by atoms with Crippen molar-refractivity contribution >= 4 is 11.9 Å². The summed E-state index contributed by atoms with van der Waals surface area (Å²) < 4.78 is 10.3. The highest BCUT2D eigenvalue weighted by Gasteiger charge is 2.28. The summed E-state index contributed by atoms with van der Waals surface area (Å²) in [5, 5.41) is 0. The highest BCUT2D eigenvalue weighted by atomic mass is 16.5. The third-order valence-corrected chi connectivity index (χ3v) is 3.54. The molecule has 0 aliphatic heterocycles. The molecule has 0 heterocycles. The lowest BCUT2D eigenvalue weighted by Gasteiger charge is -2.36. The lowest BCUT2D eigenvalue weighted by atomic mass is 10.1. The molecule has 0 unspecified atom stereocenters. The first-order valence-corrected chi connectivity index (χ1v) is 7.83. The average Bonchev–Trinajstić information content (AvgIpc) is 2.47. The number of quaternary nitrogens is 1. The summed E-state index contributed by atoms with van der Waals surface area (Å²) in [7, 11) is 1.40. The van der Waals surface area contributed by atoms with E-state index in [0.717, 1.165) is 25.8 Å². The molecule has 0 aromatic rings. The Hall–Kier alpha value is -1.62. The molecule has 22 heavy (non-hydrogen) atoms. The van der Waals surface area contributed by atoms with Crippen LogP contribution in [0, 0.1) is 0 Å². The van der Waals surface area contributed by atoms with Crippen LogP contribution in [0.4, 0.5) is 0 Å². The maximum Gasteiger partial charge on any atom is 0.361 e. The molecular weight excluding hydrogens is 282 g/mol. The Bertz CT molecular complexity index is 356. The summed E-state index contributed by atoms with van der Waals surface area (Å²) in [4.78, 5) is 22.9. The summed E-state index contributed by atoms with van der Waals surface area (Å²) >= 11 is 0. The number of ether oxygens (including phenoxy) is 2. The van der Waals surface area contributed by atoms with Crippen molar-refractivity contribution in [2.45, 2.75) is 32.6 Å². The molecule has 5 nitrogen and oxygen atoms in total. The van der Waals surface area contributed by atoms with Crippen LogP contribution in [0.25, 0.3) is 0 Å². The van der Waals surface area contributed by atoms with Gasteiger partial charge in [-0.15, -0.1) is 0 Å². The van der Waals surface area contributed by atoms with Crippen LogP contribution in [0.15, 0.2) is 25.3 Å². The first-order valence-electron chi connectivity index (χ1n) is 7.83. The van der Waals surface area contributed by atoms with Crippen LogP contribution >= 0.6 is 0 Å². The van der Waals surface area contributed by atoms with Gasteiger partial charge < -0.3 is 14.0 Å². The van der Waals surface area contributed by atoms with Gasteiger partial charge in [0.15, 0.2) is 6.54 Å². The fraction of sp³-hybridized carbons (Fsp3) is 0.647. The summed E-state index contributed by atoms with van der Waals surface area (Å²) in [5.74, 6) is -0.370. The minimum absolute atomic E-state index is 0.176. The standard InChI is InChI=1S/C17H30NO4/c1-5-12-18(13-6-2,15-17(20)22-7-3)14-10-8-9-11-16(19)21-4/h5-6H,1-2,7-15H2,3-4H3/q+1. The van der Waals surface area contributed by atoms with E-state index in [9.17, 15) is 9.59 Å². The maximum absolute atomic E-state index is 11.9. The molecule has 0 aromatic heterocycles. The monoisotopic (exact) mass is 312 g/mol. The van der Waals surface area contributed by atoms with Crippen molar-refractivity contribution in [1.82, 2.24) is 0 Å². The van der Waals surface area contributed by atoms with Crippen LogP contribution in [0.1, 0.15) is 32.6 Å². The number of unbranched alkanes of at least 4 members (excludes halogenated alkanes) is 2. The number of rotatable bonds is 13. The van der Waals surface area contributed by atoms with Crippen LogP contribution in [0.3, 0.4) is 0 Å². The molecule has 0 N–H and O–H groups in total.